The van der Waals surface area contributed by atoms with E-state index in [9.17, 15) is 14.8 Å². The summed E-state index contributed by atoms with van der Waals surface area (Å²) in [4.78, 5) is 23.2. The Bertz CT molecular complexity index is 669. The standard InChI is InChI=1S/C15H13NO5/c1-20-14(17)12-6-4-5-11(9-12)10-21-15(18)13-7-2-3-8-16(13)19/h2-9H,10H2,1H3. The van der Waals surface area contributed by atoms with Crippen LogP contribution in [0.1, 0.15) is 26.4 Å². The van der Waals surface area contributed by atoms with Crippen molar-refractivity contribution in [2.75, 3.05) is 7.11 Å². The minimum atomic E-state index is -0.728. The van der Waals surface area contributed by atoms with Gasteiger partial charge in [0.15, 0.2) is 6.20 Å². The van der Waals surface area contributed by atoms with E-state index in [0.29, 0.717) is 15.9 Å². The van der Waals surface area contributed by atoms with Gasteiger partial charge in [-0.2, -0.15) is 4.73 Å². The van der Waals surface area contributed by atoms with Gasteiger partial charge in [-0.15, -0.1) is 0 Å². The molecule has 6 heteroatoms. The fourth-order valence-corrected chi connectivity index (χ4v) is 1.72. The molecular weight excluding hydrogens is 274 g/mol. The van der Waals surface area contributed by atoms with Crippen LogP contribution in [0.2, 0.25) is 0 Å². The van der Waals surface area contributed by atoms with Gasteiger partial charge in [-0.25, -0.2) is 9.59 Å². The zero-order valence-corrected chi connectivity index (χ0v) is 11.3. The predicted octanol–water partition coefficient (Wildman–Crippen LogP) is 1.46. The van der Waals surface area contributed by atoms with Crippen molar-refractivity contribution in [1.82, 2.24) is 0 Å². The Morgan fingerprint density at radius 1 is 1.14 bits per heavy atom. The van der Waals surface area contributed by atoms with Gasteiger partial charge in [0, 0.05) is 12.1 Å². The highest BCUT2D eigenvalue weighted by molar-refractivity contribution is 5.89. The first-order chi connectivity index (χ1) is 10.1. The third kappa shape index (κ3) is 3.56. The summed E-state index contributed by atoms with van der Waals surface area (Å²) in [5.74, 6) is -1.20. The molecule has 0 aliphatic rings. The lowest BCUT2D eigenvalue weighted by Crippen LogP contribution is -2.34. The maximum Gasteiger partial charge on any atom is 0.405 e. The van der Waals surface area contributed by atoms with Crippen LogP contribution in [0.25, 0.3) is 0 Å². The zero-order chi connectivity index (χ0) is 15.2. The van der Waals surface area contributed by atoms with E-state index in [1.165, 1.54) is 25.4 Å². The largest absolute Gasteiger partial charge is 0.618 e. The number of hydrogen-bond donors (Lipinski definition) is 0. The summed E-state index contributed by atoms with van der Waals surface area (Å²) in [5, 5.41) is 11.4. The van der Waals surface area contributed by atoms with E-state index in [1.807, 2.05) is 0 Å². The number of hydrogen-bond acceptors (Lipinski definition) is 5. The zero-order valence-electron chi connectivity index (χ0n) is 11.3. The molecule has 0 saturated heterocycles. The van der Waals surface area contributed by atoms with Crippen LogP contribution >= 0.6 is 0 Å². The van der Waals surface area contributed by atoms with Crippen molar-refractivity contribution >= 4 is 11.9 Å². The minimum Gasteiger partial charge on any atom is -0.618 e. The van der Waals surface area contributed by atoms with Crippen molar-refractivity contribution in [3.8, 4) is 0 Å². The minimum absolute atomic E-state index is 0.0431. The number of methoxy groups -OCH3 is 1. The molecule has 21 heavy (non-hydrogen) atoms. The van der Waals surface area contributed by atoms with Crippen LogP contribution in [0.3, 0.4) is 0 Å². The highest BCUT2D eigenvalue weighted by atomic mass is 16.5. The first-order valence-electron chi connectivity index (χ1n) is 6.14. The van der Waals surface area contributed by atoms with E-state index in [4.69, 9.17) is 4.74 Å². The lowest BCUT2D eigenvalue weighted by Gasteiger charge is -2.06. The van der Waals surface area contributed by atoms with E-state index in [2.05, 4.69) is 4.74 Å². The highest BCUT2D eigenvalue weighted by Gasteiger charge is 2.16. The van der Waals surface area contributed by atoms with Crippen molar-refractivity contribution in [3.63, 3.8) is 0 Å². The van der Waals surface area contributed by atoms with Gasteiger partial charge >= 0.3 is 17.6 Å². The van der Waals surface area contributed by atoms with E-state index in [1.54, 1.807) is 30.3 Å². The van der Waals surface area contributed by atoms with Gasteiger partial charge in [0.25, 0.3) is 0 Å². The third-order valence-corrected chi connectivity index (χ3v) is 2.75. The quantitative estimate of drug-likeness (QED) is 0.483. The summed E-state index contributed by atoms with van der Waals surface area (Å²) in [6.45, 7) is -0.0431. The molecule has 0 fully saturated rings. The van der Waals surface area contributed by atoms with Gasteiger partial charge in [0.05, 0.1) is 12.7 Å². The molecule has 0 radical (unpaired) electrons. The van der Waals surface area contributed by atoms with Crippen LogP contribution in [-0.4, -0.2) is 19.0 Å². The average molecular weight is 287 g/mol. The summed E-state index contributed by atoms with van der Waals surface area (Å²) in [5.41, 5.74) is 0.894. The van der Waals surface area contributed by atoms with Crippen LogP contribution in [0.4, 0.5) is 0 Å². The monoisotopic (exact) mass is 287 g/mol. The predicted molar refractivity (Wildman–Crippen MR) is 72.3 cm³/mol. The fourth-order valence-electron chi connectivity index (χ4n) is 1.72. The molecule has 0 unspecified atom stereocenters. The summed E-state index contributed by atoms with van der Waals surface area (Å²) >= 11 is 0. The molecule has 0 amide bonds. The highest BCUT2D eigenvalue weighted by Crippen LogP contribution is 2.09. The summed E-state index contributed by atoms with van der Waals surface area (Å²) in [6, 6.07) is 11.0. The van der Waals surface area contributed by atoms with Crippen molar-refractivity contribution < 1.29 is 23.8 Å². The molecule has 0 N–H and O–H groups in total. The van der Waals surface area contributed by atoms with E-state index < -0.39 is 11.9 Å². The van der Waals surface area contributed by atoms with Crippen molar-refractivity contribution in [2.24, 2.45) is 0 Å². The first kappa shape index (κ1) is 14.5. The average Bonchev–Trinajstić information content (AvgIpc) is 2.52. The van der Waals surface area contributed by atoms with Gasteiger partial charge in [0.1, 0.15) is 6.61 Å². The Labute approximate surface area is 121 Å². The second-order valence-electron chi connectivity index (χ2n) is 4.18. The molecule has 0 aliphatic carbocycles. The number of nitrogens with zero attached hydrogens (tertiary/aromatic N) is 1. The molecule has 2 aromatic rings. The van der Waals surface area contributed by atoms with Crippen molar-refractivity contribution in [3.05, 3.63) is 70.7 Å². The molecule has 0 bridgehead atoms. The SMILES string of the molecule is COC(=O)c1cccc(COC(=O)c2cccc[n+]2[O-])c1. The van der Waals surface area contributed by atoms with Crippen LogP contribution < -0.4 is 4.73 Å². The van der Waals surface area contributed by atoms with Crippen LogP contribution in [0.15, 0.2) is 48.7 Å². The van der Waals surface area contributed by atoms with Crippen molar-refractivity contribution in [2.45, 2.75) is 6.61 Å². The van der Waals surface area contributed by atoms with Crippen molar-refractivity contribution in [1.29, 1.82) is 0 Å². The molecule has 0 atom stereocenters. The number of carbonyl (C=O) groups excluding carboxylic acids is 2. The van der Waals surface area contributed by atoms with Gasteiger partial charge in [0.2, 0.25) is 0 Å². The number of carbonyl (C=O) groups is 2. The van der Waals surface area contributed by atoms with Gasteiger partial charge in [-0.1, -0.05) is 12.1 Å². The number of rotatable bonds is 4. The molecule has 108 valence electrons. The number of aromatic nitrogens is 1. The summed E-state index contributed by atoms with van der Waals surface area (Å²) in [7, 11) is 1.29. The number of esters is 2. The van der Waals surface area contributed by atoms with E-state index in [-0.39, 0.29) is 12.3 Å². The molecule has 1 aromatic heterocycles. The second-order valence-corrected chi connectivity index (χ2v) is 4.18. The maximum atomic E-state index is 11.8. The Kier molecular flexibility index (Phi) is 4.50. The van der Waals surface area contributed by atoms with Crippen LogP contribution in [0, 0.1) is 5.21 Å². The molecule has 0 aliphatic heterocycles. The second kappa shape index (κ2) is 6.51. The lowest BCUT2D eigenvalue weighted by atomic mass is 10.1. The molecule has 6 nitrogen and oxygen atoms in total. The normalized spacial score (nSPS) is 9.95. The molecule has 1 aromatic carbocycles. The smallest absolute Gasteiger partial charge is 0.405 e. The maximum absolute atomic E-state index is 11.8. The molecule has 0 spiro atoms. The van der Waals surface area contributed by atoms with Crippen LogP contribution in [0.5, 0.6) is 0 Å². The number of benzene rings is 1. The number of ether oxygens (including phenoxy) is 2. The van der Waals surface area contributed by atoms with E-state index >= 15 is 0 Å². The molecule has 1 heterocycles. The fraction of sp³-hybridized carbons (Fsp3) is 0.133. The van der Waals surface area contributed by atoms with Crippen LogP contribution in [-0.2, 0) is 16.1 Å². The molecule has 0 saturated carbocycles. The van der Waals surface area contributed by atoms with Gasteiger partial charge < -0.3 is 14.7 Å². The number of pyridine rings is 1. The van der Waals surface area contributed by atoms with E-state index in [0.717, 1.165) is 0 Å². The Hall–Kier alpha value is -2.89. The third-order valence-electron chi connectivity index (χ3n) is 2.75. The first-order valence-corrected chi connectivity index (χ1v) is 6.14. The Morgan fingerprint density at radius 3 is 2.67 bits per heavy atom. The van der Waals surface area contributed by atoms with Gasteiger partial charge in [-0.05, 0) is 23.8 Å². The molecular formula is C15H13NO5. The Balaban J connectivity index is 2.05. The molecule has 2 rings (SSSR count). The lowest BCUT2D eigenvalue weighted by molar-refractivity contribution is -0.608. The summed E-state index contributed by atoms with van der Waals surface area (Å²) in [6.07, 6.45) is 1.22. The Morgan fingerprint density at radius 2 is 1.95 bits per heavy atom. The summed E-state index contributed by atoms with van der Waals surface area (Å²) < 4.78 is 10.1. The van der Waals surface area contributed by atoms with Gasteiger partial charge in [-0.3, -0.25) is 0 Å². The topological polar surface area (TPSA) is 79.5 Å².